The quantitative estimate of drug-likeness (QED) is 0.270. The standard InChI is InChI=1S/C16H22BrF5N4OS/c1-14(2,3)28(27)25-15(9-18,11-6-10(17)8-23-13(11)19)7-12(16(20,21)22)24-26(4)5/h6,8,25H,7,9H2,1-5H3/b24-12+/t15-,28-/m1/s1. The van der Waals surface area contributed by atoms with Crippen LogP contribution in [0, 0.1) is 5.95 Å². The van der Waals surface area contributed by atoms with Crippen molar-refractivity contribution in [3.05, 3.63) is 28.2 Å². The molecule has 0 bridgehead atoms. The average Bonchev–Trinajstić information content (AvgIpc) is 2.53. The second kappa shape index (κ2) is 9.12. The number of hydrogen-bond acceptors (Lipinski definition) is 4. The Kier molecular flexibility index (Phi) is 8.11. The highest BCUT2D eigenvalue weighted by molar-refractivity contribution is 9.10. The van der Waals surface area contributed by atoms with Crippen LogP contribution in [-0.2, 0) is 16.5 Å². The third-order valence-electron chi connectivity index (χ3n) is 3.51. The zero-order valence-corrected chi connectivity index (χ0v) is 18.4. The third-order valence-corrected chi connectivity index (χ3v) is 5.63. The van der Waals surface area contributed by atoms with Gasteiger partial charge in [0.05, 0.1) is 21.3 Å². The maximum absolute atomic E-state index is 14.4. The predicted octanol–water partition coefficient (Wildman–Crippen LogP) is 4.07. The van der Waals surface area contributed by atoms with Crippen molar-refractivity contribution in [2.45, 2.75) is 43.7 Å². The van der Waals surface area contributed by atoms with E-state index in [1.54, 1.807) is 20.8 Å². The van der Waals surface area contributed by atoms with E-state index in [-0.39, 0.29) is 4.47 Å². The van der Waals surface area contributed by atoms with Gasteiger partial charge in [0.2, 0.25) is 5.95 Å². The van der Waals surface area contributed by atoms with E-state index in [0.29, 0.717) is 0 Å². The smallest absolute Gasteiger partial charge is 0.303 e. The molecule has 12 heteroatoms. The van der Waals surface area contributed by atoms with Crippen LogP contribution in [0.15, 0.2) is 21.8 Å². The van der Waals surface area contributed by atoms with Crippen LogP contribution in [0.4, 0.5) is 22.0 Å². The van der Waals surface area contributed by atoms with Gasteiger partial charge in [0.25, 0.3) is 0 Å². The Bertz CT molecular complexity index is 752. The molecule has 1 rings (SSSR count). The molecule has 2 atom stereocenters. The summed E-state index contributed by atoms with van der Waals surface area (Å²) in [5, 5.41) is 4.30. The first-order chi connectivity index (χ1) is 12.6. The summed E-state index contributed by atoms with van der Waals surface area (Å²) in [5.74, 6) is -1.18. The van der Waals surface area contributed by atoms with Crippen LogP contribution in [-0.4, -0.2) is 51.6 Å². The Morgan fingerprint density at radius 3 is 2.32 bits per heavy atom. The average molecular weight is 493 g/mol. The molecule has 1 aromatic rings. The highest BCUT2D eigenvalue weighted by Gasteiger charge is 2.47. The van der Waals surface area contributed by atoms with Crippen molar-refractivity contribution < 1.29 is 26.2 Å². The summed E-state index contributed by atoms with van der Waals surface area (Å²) >= 11 is 3.05. The van der Waals surface area contributed by atoms with Gasteiger partial charge in [-0.3, -0.25) is 0 Å². The number of hydrogen-bond donors (Lipinski definition) is 1. The third kappa shape index (κ3) is 6.45. The number of alkyl halides is 4. The molecule has 28 heavy (non-hydrogen) atoms. The fourth-order valence-corrected chi connectivity index (χ4v) is 3.37. The number of nitrogens with one attached hydrogen (secondary N) is 1. The van der Waals surface area contributed by atoms with Crippen molar-refractivity contribution in [2.75, 3.05) is 20.8 Å². The van der Waals surface area contributed by atoms with Crippen molar-refractivity contribution in [2.24, 2.45) is 5.10 Å². The summed E-state index contributed by atoms with van der Waals surface area (Å²) in [5.41, 5.74) is -4.14. The van der Waals surface area contributed by atoms with Crippen LogP contribution in [0.2, 0.25) is 0 Å². The van der Waals surface area contributed by atoms with E-state index in [2.05, 4.69) is 30.7 Å². The van der Waals surface area contributed by atoms with Crippen molar-refractivity contribution in [3.8, 4) is 0 Å². The van der Waals surface area contributed by atoms with Crippen molar-refractivity contribution in [1.82, 2.24) is 14.7 Å². The predicted molar refractivity (Wildman–Crippen MR) is 102 cm³/mol. The molecular weight excluding hydrogens is 471 g/mol. The maximum Gasteiger partial charge on any atom is 0.431 e. The first-order valence-corrected chi connectivity index (χ1v) is 9.96. The minimum atomic E-state index is -4.91. The minimum absolute atomic E-state index is 0.225. The van der Waals surface area contributed by atoms with Gasteiger partial charge in [0.15, 0.2) is 0 Å². The Morgan fingerprint density at radius 1 is 1.32 bits per heavy atom. The highest BCUT2D eigenvalue weighted by Crippen LogP contribution is 2.35. The van der Waals surface area contributed by atoms with E-state index in [0.717, 1.165) is 17.3 Å². The van der Waals surface area contributed by atoms with Gasteiger partial charge in [-0.2, -0.15) is 22.7 Å². The van der Waals surface area contributed by atoms with E-state index in [1.165, 1.54) is 14.1 Å². The van der Waals surface area contributed by atoms with E-state index in [4.69, 9.17) is 0 Å². The number of halogens is 6. The molecule has 0 aliphatic carbocycles. The normalized spacial score (nSPS) is 16.6. The van der Waals surface area contributed by atoms with E-state index >= 15 is 0 Å². The Morgan fingerprint density at radius 2 is 1.89 bits per heavy atom. The zero-order valence-electron chi connectivity index (χ0n) is 16.0. The molecule has 0 unspecified atom stereocenters. The molecule has 0 radical (unpaired) electrons. The molecular formula is C16H22BrF5N4OS. The Hall–Kier alpha value is -1.14. The monoisotopic (exact) mass is 492 g/mol. The lowest BCUT2D eigenvalue weighted by Crippen LogP contribution is -2.52. The molecule has 0 aliphatic rings. The second-order valence-corrected chi connectivity index (χ2v) is 10.1. The molecule has 1 N–H and O–H groups in total. The molecule has 0 aliphatic heterocycles. The van der Waals surface area contributed by atoms with Crippen molar-refractivity contribution in [1.29, 1.82) is 0 Å². The SMILES string of the molecule is CN(C)/N=C(\C[C@](CF)(N[S@](=O)C(C)(C)C)c1cc(Br)cnc1F)C(F)(F)F. The molecule has 0 amide bonds. The second-order valence-electron chi connectivity index (χ2n) is 7.26. The van der Waals surface area contributed by atoms with Crippen molar-refractivity contribution >= 4 is 32.6 Å². The summed E-state index contributed by atoms with van der Waals surface area (Å²) in [7, 11) is 0.524. The van der Waals surface area contributed by atoms with E-state index in [9.17, 15) is 26.2 Å². The number of hydrazone groups is 1. The summed E-state index contributed by atoms with van der Waals surface area (Å²) in [6.45, 7) is 3.17. The van der Waals surface area contributed by atoms with Crippen molar-refractivity contribution in [3.63, 3.8) is 0 Å². The van der Waals surface area contributed by atoms with E-state index < -0.39 is 57.8 Å². The molecule has 0 saturated carbocycles. The largest absolute Gasteiger partial charge is 0.431 e. The van der Waals surface area contributed by atoms with Crippen LogP contribution in [0.25, 0.3) is 0 Å². The number of pyridine rings is 1. The van der Waals surface area contributed by atoms with Gasteiger partial charge in [-0.05, 0) is 42.8 Å². The molecule has 0 fully saturated rings. The fraction of sp³-hybridized carbons (Fsp3) is 0.625. The Balaban J connectivity index is 3.66. The zero-order chi connectivity index (χ0) is 21.9. The lowest BCUT2D eigenvalue weighted by Gasteiger charge is -2.35. The molecule has 0 spiro atoms. The topological polar surface area (TPSA) is 57.6 Å². The van der Waals surface area contributed by atoms with Crippen LogP contribution in [0.5, 0.6) is 0 Å². The molecule has 0 aromatic carbocycles. The van der Waals surface area contributed by atoms with Gasteiger partial charge in [0, 0.05) is 36.7 Å². The first-order valence-electron chi connectivity index (χ1n) is 8.01. The molecule has 1 heterocycles. The maximum atomic E-state index is 14.4. The van der Waals surface area contributed by atoms with Gasteiger partial charge in [-0.25, -0.2) is 18.3 Å². The molecule has 0 saturated heterocycles. The summed E-state index contributed by atoms with van der Waals surface area (Å²) < 4.78 is 83.5. The van der Waals surface area contributed by atoms with Crippen LogP contribution in [0.1, 0.15) is 32.8 Å². The molecule has 1 aromatic heterocycles. The highest BCUT2D eigenvalue weighted by atomic mass is 79.9. The van der Waals surface area contributed by atoms with Crippen LogP contribution >= 0.6 is 15.9 Å². The van der Waals surface area contributed by atoms with Crippen LogP contribution in [0.3, 0.4) is 0 Å². The van der Waals surface area contributed by atoms with Gasteiger partial charge in [-0.1, -0.05) is 0 Å². The summed E-state index contributed by atoms with van der Waals surface area (Å²) in [6, 6.07) is 1.11. The first kappa shape index (κ1) is 24.9. The van der Waals surface area contributed by atoms with E-state index in [1.807, 2.05) is 0 Å². The number of aromatic nitrogens is 1. The lowest BCUT2D eigenvalue weighted by atomic mass is 9.87. The van der Waals surface area contributed by atoms with Gasteiger partial charge >= 0.3 is 6.18 Å². The minimum Gasteiger partial charge on any atom is -0.303 e. The van der Waals surface area contributed by atoms with Gasteiger partial charge in [0.1, 0.15) is 12.4 Å². The van der Waals surface area contributed by atoms with Gasteiger partial charge in [-0.15, -0.1) is 0 Å². The lowest BCUT2D eigenvalue weighted by molar-refractivity contribution is -0.0630. The van der Waals surface area contributed by atoms with Gasteiger partial charge < -0.3 is 5.01 Å². The fourth-order valence-electron chi connectivity index (χ4n) is 2.14. The molecule has 160 valence electrons. The summed E-state index contributed by atoms with van der Waals surface area (Å²) in [6.07, 6.45) is -4.92. The summed E-state index contributed by atoms with van der Waals surface area (Å²) in [4.78, 5) is 3.44. The number of nitrogens with zero attached hydrogens (tertiary/aromatic N) is 3. The Labute approximate surface area is 171 Å². The molecule has 5 nitrogen and oxygen atoms in total. The van der Waals surface area contributed by atoms with Crippen LogP contribution < -0.4 is 4.72 Å². The number of rotatable bonds is 7.